The largest absolute Gasteiger partial charge is 0.377 e. The van der Waals surface area contributed by atoms with Gasteiger partial charge in [-0.05, 0) is 38.5 Å². The van der Waals surface area contributed by atoms with Crippen molar-refractivity contribution in [2.45, 2.75) is 57.8 Å². The number of aliphatic imine (C=N–C) groups is 1. The summed E-state index contributed by atoms with van der Waals surface area (Å²) in [6, 6.07) is 6.81. The lowest BCUT2D eigenvalue weighted by atomic mass is 10.1. The second kappa shape index (κ2) is 18.1. The van der Waals surface area contributed by atoms with Crippen molar-refractivity contribution in [2.75, 3.05) is 42.7 Å². The molecular weight excluding hydrogens is 542 g/mol. The summed E-state index contributed by atoms with van der Waals surface area (Å²) in [6.45, 7) is 5.82. The van der Waals surface area contributed by atoms with E-state index < -0.39 is 18.9 Å². The molecule has 3 unspecified atom stereocenters. The van der Waals surface area contributed by atoms with Gasteiger partial charge in [-0.15, -0.1) is 17.0 Å². The number of halogens is 2. The average molecular weight is 583 g/mol. The lowest BCUT2D eigenvalue weighted by Crippen LogP contribution is -2.44. The third-order valence-electron chi connectivity index (χ3n) is 5.14. The summed E-state index contributed by atoms with van der Waals surface area (Å²) >= 11 is 6.12. The van der Waals surface area contributed by atoms with Gasteiger partial charge in [-0.25, -0.2) is 0 Å². The molecule has 0 heterocycles. The molecule has 0 aliphatic carbocycles. The van der Waals surface area contributed by atoms with E-state index >= 15 is 0 Å². The van der Waals surface area contributed by atoms with Crippen LogP contribution in [0, 0.1) is 0 Å². The number of amidine groups is 1. The predicted molar refractivity (Wildman–Crippen MR) is 145 cm³/mol. The van der Waals surface area contributed by atoms with Gasteiger partial charge in [-0.2, -0.15) is 0 Å². The van der Waals surface area contributed by atoms with E-state index in [1.165, 1.54) is 0 Å². The van der Waals surface area contributed by atoms with Crippen molar-refractivity contribution in [3.8, 4) is 0 Å². The fraction of sp³-hybridized carbons (Fsp3) is 0.625. The topological polar surface area (TPSA) is 91.8 Å². The number of benzene rings is 1. The predicted octanol–water partition coefficient (Wildman–Crippen LogP) is 3.86. The molecule has 0 aromatic heterocycles. The first kappa shape index (κ1) is 33.8. The van der Waals surface area contributed by atoms with Crippen molar-refractivity contribution in [3.63, 3.8) is 0 Å². The van der Waals surface area contributed by atoms with Gasteiger partial charge in [0.25, 0.3) is 0 Å². The summed E-state index contributed by atoms with van der Waals surface area (Å²) < 4.78 is 32.5. The van der Waals surface area contributed by atoms with Gasteiger partial charge in [0.15, 0.2) is 18.9 Å². The highest BCUT2D eigenvalue weighted by Crippen LogP contribution is 2.18. The fourth-order valence-corrected chi connectivity index (χ4v) is 3.61. The molecule has 0 bridgehead atoms. The summed E-state index contributed by atoms with van der Waals surface area (Å²) in [4.78, 5) is 4.82. The minimum Gasteiger partial charge on any atom is -0.377 e. The molecule has 0 amide bonds. The van der Waals surface area contributed by atoms with Crippen LogP contribution in [0.1, 0.15) is 26.3 Å². The molecule has 1 rings (SSSR count). The monoisotopic (exact) mass is 581 g/mol. The molecule has 0 aliphatic heterocycles. The zero-order valence-electron chi connectivity index (χ0n) is 22.0. The Morgan fingerprint density at radius 1 is 0.743 bits per heavy atom. The van der Waals surface area contributed by atoms with Crippen molar-refractivity contribution >= 4 is 40.1 Å². The summed E-state index contributed by atoms with van der Waals surface area (Å²) in [5.74, 6) is 0.578. The molecule has 2 N–H and O–H groups in total. The molecule has 35 heavy (non-hydrogen) atoms. The molecule has 1 aromatic rings. The quantitative estimate of drug-likeness (QED) is 0.183. The first-order valence-electron chi connectivity index (χ1n) is 11.0. The van der Waals surface area contributed by atoms with Gasteiger partial charge in [0.2, 0.25) is 0 Å². The standard InChI is InChI=1S/C24H40ClN3O6.BrH/c1-15(22(29-4)30-5)26-20(18-10-12-19(25)13-11-18)14-21(27-16(2)23(31-6)32-7)28-17(3)24(33-8)34-9;/h10-17,22-24,26H,1-9H3,(H,27,28);1H/b20-14-;. The Morgan fingerprint density at radius 3 is 1.60 bits per heavy atom. The Bertz CT molecular complexity index is 756. The molecule has 0 saturated heterocycles. The number of ether oxygens (including phenoxy) is 6. The number of methoxy groups -OCH3 is 6. The van der Waals surface area contributed by atoms with Crippen LogP contribution in [0.25, 0.3) is 5.70 Å². The third-order valence-corrected chi connectivity index (χ3v) is 5.39. The second-order valence-corrected chi connectivity index (χ2v) is 8.14. The maximum absolute atomic E-state index is 6.12. The number of nitrogens with zero attached hydrogens (tertiary/aromatic N) is 1. The molecule has 0 saturated carbocycles. The summed E-state index contributed by atoms with van der Waals surface area (Å²) in [7, 11) is 9.53. The van der Waals surface area contributed by atoms with Crippen molar-refractivity contribution in [2.24, 2.45) is 4.99 Å². The molecule has 9 nitrogen and oxygen atoms in total. The van der Waals surface area contributed by atoms with Crippen LogP contribution in [0.5, 0.6) is 0 Å². The van der Waals surface area contributed by atoms with Crippen LogP contribution in [0.2, 0.25) is 5.02 Å². The van der Waals surface area contributed by atoms with Crippen LogP contribution in [-0.2, 0) is 28.4 Å². The SMILES string of the molecule is Br.COC(OC)C(C)N=C(/C=C(\NC(C)C(OC)OC)c1ccc(Cl)cc1)NC(C)C(OC)OC. The lowest BCUT2D eigenvalue weighted by molar-refractivity contribution is -0.116. The van der Waals surface area contributed by atoms with E-state index in [2.05, 4.69) is 10.6 Å². The normalized spacial score (nSPS) is 15.2. The van der Waals surface area contributed by atoms with Gasteiger partial charge in [-0.1, -0.05) is 23.7 Å². The van der Waals surface area contributed by atoms with Crippen molar-refractivity contribution < 1.29 is 28.4 Å². The third kappa shape index (κ3) is 11.1. The van der Waals surface area contributed by atoms with Crippen LogP contribution >= 0.6 is 28.6 Å². The van der Waals surface area contributed by atoms with Crippen LogP contribution in [0.3, 0.4) is 0 Å². The molecule has 202 valence electrons. The smallest absolute Gasteiger partial charge is 0.178 e. The van der Waals surface area contributed by atoms with Gasteiger partial charge in [0, 0.05) is 59.5 Å². The van der Waals surface area contributed by atoms with E-state index in [0.29, 0.717) is 10.9 Å². The van der Waals surface area contributed by atoms with Crippen molar-refractivity contribution in [3.05, 3.63) is 40.9 Å². The molecule has 3 atom stereocenters. The van der Waals surface area contributed by atoms with Crippen molar-refractivity contribution in [1.82, 2.24) is 10.6 Å². The van der Waals surface area contributed by atoms with E-state index in [1.54, 1.807) is 42.7 Å². The summed E-state index contributed by atoms with van der Waals surface area (Å²) in [5, 5.41) is 7.49. The van der Waals surface area contributed by atoms with Crippen LogP contribution in [-0.4, -0.2) is 85.5 Å². The average Bonchev–Trinajstić information content (AvgIpc) is 2.81. The summed E-state index contributed by atoms with van der Waals surface area (Å²) in [5.41, 5.74) is 1.69. The van der Waals surface area contributed by atoms with Gasteiger partial charge in [-0.3, -0.25) is 4.99 Å². The number of rotatable bonds is 15. The zero-order chi connectivity index (χ0) is 25.7. The molecule has 0 spiro atoms. The first-order valence-corrected chi connectivity index (χ1v) is 11.4. The van der Waals surface area contributed by atoms with E-state index in [1.807, 2.05) is 51.1 Å². The zero-order valence-corrected chi connectivity index (χ0v) is 24.5. The maximum atomic E-state index is 6.12. The van der Waals surface area contributed by atoms with Crippen LogP contribution < -0.4 is 10.6 Å². The maximum Gasteiger partial charge on any atom is 0.178 e. The highest BCUT2D eigenvalue weighted by atomic mass is 79.9. The van der Waals surface area contributed by atoms with Gasteiger partial charge in [0.1, 0.15) is 11.9 Å². The van der Waals surface area contributed by atoms with E-state index in [0.717, 1.165) is 11.3 Å². The van der Waals surface area contributed by atoms with Gasteiger partial charge >= 0.3 is 0 Å². The summed E-state index contributed by atoms with van der Waals surface area (Å²) in [6.07, 6.45) is 0.449. The Balaban J connectivity index is 0.0000116. The Morgan fingerprint density at radius 2 is 1.17 bits per heavy atom. The van der Waals surface area contributed by atoms with Gasteiger partial charge in [0.05, 0.1) is 12.1 Å². The molecule has 11 heteroatoms. The molecule has 0 radical (unpaired) electrons. The number of hydrogen-bond acceptors (Lipinski definition) is 8. The fourth-order valence-electron chi connectivity index (χ4n) is 3.48. The highest BCUT2D eigenvalue weighted by molar-refractivity contribution is 8.93. The van der Waals surface area contributed by atoms with Gasteiger partial charge < -0.3 is 39.1 Å². The Hall–Kier alpha value is -1.24. The lowest BCUT2D eigenvalue weighted by Gasteiger charge is -2.27. The molecule has 1 aromatic carbocycles. The highest BCUT2D eigenvalue weighted by Gasteiger charge is 2.22. The molecular formula is C24H41BrClN3O6. The Kier molecular flexibility index (Phi) is 17.4. The Labute approximate surface area is 225 Å². The first-order chi connectivity index (χ1) is 16.2. The number of hydrogen-bond donors (Lipinski definition) is 2. The van der Waals surface area contributed by atoms with E-state index in [-0.39, 0.29) is 35.1 Å². The second-order valence-electron chi connectivity index (χ2n) is 7.71. The number of nitrogens with one attached hydrogen (secondary N) is 2. The van der Waals surface area contributed by atoms with E-state index in [4.69, 9.17) is 45.0 Å². The molecule has 0 aliphatic rings. The minimum absolute atomic E-state index is 0. The van der Waals surface area contributed by atoms with Crippen LogP contribution in [0.15, 0.2) is 35.3 Å². The van der Waals surface area contributed by atoms with Crippen LogP contribution in [0.4, 0.5) is 0 Å². The minimum atomic E-state index is -0.515. The van der Waals surface area contributed by atoms with E-state index in [9.17, 15) is 0 Å². The molecule has 0 fully saturated rings. The van der Waals surface area contributed by atoms with Crippen molar-refractivity contribution in [1.29, 1.82) is 0 Å².